The van der Waals surface area contributed by atoms with E-state index in [9.17, 15) is 4.79 Å². The molecule has 3 heterocycles. The quantitative estimate of drug-likeness (QED) is 0.633. The van der Waals surface area contributed by atoms with Crippen LogP contribution in [0.3, 0.4) is 0 Å². The second-order valence-corrected chi connectivity index (χ2v) is 6.69. The number of carbonyl (C=O) groups excluding carboxylic acids is 1. The monoisotopic (exact) mass is 377 g/mol. The minimum atomic E-state index is -0.142. The lowest BCUT2D eigenvalue weighted by Gasteiger charge is -2.27. The van der Waals surface area contributed by atoms with Gasteiger partial charge in [-0.05, 0) is 32.0 Å². The van der Waals surface area contributed by atoms with E-state index in [4.69, 9.17) is 14.7 Å². The Morgan fingerprint density at radius 3 is 2.86 bits per heavy atom. The summed E-state index contributed by atoms with van der Waals surface area (Å²) in [5, 5.41) is 12.8. The molecule has 0 N–H and O–H groups in total. The first-order valence-electron chi connectivity index (χ1n) is 8.93. The number of ether oxygens (including phenoxy) is 2. The Labute approximate surface area is 161 Å². The lowest BCUT2D eigenvalue weighted by molar-refractivity contribution is 0.0777. The van der Waals surface area contributed by atoms with Crippen molar-refractivity contribution in [1.29, 1.82) is 5.26 Å². The number of aryl methyl sites for hydroxylation is 1. The predicted octanol–water partition coefficient (Wildman–Crippen LogP) is 2.29. The summed E-state index contributed by atoms with van der Waals surface area (Å²) in [4.78, 5) is 16.5. The second-order valence-electron chi connectivity index (χ2n) is 6.69. The van der Waals surface area contributed by atoms with E-state index in [0.29, 0.717) is 18.7 Å². The third-order valence-electron chi connectivity index (χ3n) is 4.77. The van der Waals surface area contributed by atoms with Crippen molar-refractivity contribution in [3.8, 4) is 17.6 Å². The summed E-state index contributed by atoms with van der Waals surface area (Å²) < 4.78 is 15.3. The summed E-state index contributed by atoms with van der Waals surface area (Å²) >= 11 is 0. The van der Waals surface area contributed by atoms with Gasteiger partial charge in [-0.2, -0.15) is 5.26 Å². The number of benzene rings is 1. The first kappa shape index (κ1) is 17.8. The third kappa shape index (κ3) is 3.34. The number of fused-ring (bicyclic) bond motifs is 1. The molecule has 0 saturated heterocycles. The van der Waals surface area contributed by atoms with Crippen molar-refractivity contribution < 1.29 is 14.3 Å². The van der Waals surface area contributed by atoms with E-state index < -0.39 is 0 Å². The highest BCUT2D eigenvalue weighted by atomic mass is 16.6. The molecule has 8 nitrogen and oxygen atoms in total. The van der Waals surface area contributed by atoms with Crippen molar-refractivity contribution >= 4 is 5.78 Å². The van der Waals surface area contributed by atoms with Crippen LogP contribution in [0.4, 0.5) is 0 Å². The van der Waals surface area contributed by atoms with Crippen molar-refractivity contribution in [1.82, 2.24) is 19.3 Å². The van der Waals surface area contributed by atoms with E-state index in [2.05, 4.69) is 14.6 Å². The largest absolute Gasteiger partial charge is 0.486 e. The summed E-state index contributed by atoms with van der Waals surface area (Å²) in [6.07, 6.45) is 1.25. The van der Waals surface area contributed by atoms with Gasteiger partial charge in [-0.25, -0.2) is 9.67 Å². The molecule has 0 aliphatic carbocycles. The highest BCUT2D eigenvalue weighted by Crippen LogP contribution is 2.31. The zero-order chi connectivity index (χ0) is 19.7. The number of nitrogens with zero attached hydrogens (tertiary/aromatic N) is 5. The van der Waals surface area contributed by atoms with Crippen LogP contribution in [0.5, 0.6) is 11.5 Å². The molecule has 0 amide bonds. The number of nitriles is 1. The zero-order valence-electron chi connectivity index (χ0n) is 15.6. The van der Waals surface area contributed by atoms with Gasteiger partial charge in [0.1, 0.15) is 25.5 Å². The maximum absolute atomic E-state index is 12.7. The standard InChI is InChI=1S/C20H19N5O3/c1-13-7-16(17(26)10-24-12-22-20(8-21)23-24)14(2)25(13)9-15-11-27-18-5-3-4-6-19(18)28-15/h3-7,12,15H,9-11H2,1-2H3. The predicted molar refractivity (Wildman–Crippen MR) is 99.3 cm³/mol. The Morgan fingerprint density at radius 2 is 2.11 bits per heavy atom. The average molecular weight is 377 g/mol. The normalized spacial score (nSPS) is 15.2. The lowest BCUT2D eigenvalue weighted by Crippen LogP contribution is -2.33. The SMILES string of the molecule is Cc1cc(C(=O)Cn2cnc(C#N)n2)c(C)n1CC1COc2ccccc2O1. The maximum atomic E-state index is 12.7. The molecule has 1 aliphatic rings. The van der Waals surface area contributed by atoms with Crippen LogP contribution in [0.15, 0.2) is 36.7 Å². The second kappa shape index (κ2) is 7.19. The fourth-order valence-electron chi connectivity index (χ4n) is 3.38. The molecule has 3 aromatic rings. The van der Waals surface area contributed by atoms with Crippen molar-refractivity contribution in [2.75, 3.05) is 6.61 Å². The lowest BCUT2D eigenvalue weighted by atomic mass is 10.1. The Morgan fingerprint density at radius 1 is 1.32 bits per heavy atom. The van der Waals surface area contributed by atoms with Gasteiger partial charge in [0.2, 0.25) is 0 Å². The summed E-state index contributed by atoms with van der Waals surface area (Å²) in [5.74, 6) is 1.45. The van der Waals surface area contributed by atoms with Gasteiger partial charge < -0.3 is 14.0 Å². The van der Waals surface area contributed by atoms with E-state index in [-0.39, 0.29) is 24.3 Å². The van der Waals surface area contributed by atoms with Gasteiger partial charge >= 0.3 is 0 Å². The van der Waals surface area contributed by atoms with Gasteiger partial charge in [-0.3, -0.25) is 4.79 Å². The van der Waals surface area contributed by atoms with Gasteiger partial charge in [0.25, 0.3) is 5.82 Å². The van der Waals surface area contributed by atoms with E-state index in [1.54, 1.807) is 0 Å². The molecule has 4 rings (SSSR count). The van der Waals surface area contributed by atoms with Crippen molar-refractivity contribution in [2.24, 2.45) is 0 Å². The smallest absolute Gasteiger partial charge is 0.252 e. The van der Waals surface area contributed by atoms with Crippen LogP contribution < -0.4 is 9.47 Å². The third-order valence-corrected chi connectivity index (χ3v) is 4.77. The first-order chi connectivity index (χ1) is 13.5. The molecule has 0 saturated carbocycles. The fraction of sp³-hybridized carbons (Fsp3) is 0.300. The first-order valence-corrected chi connectivity index (χ1v) is 8.93. The molecule has 142 valence electrons. The molecular formula is C20H19N5O3. The summed E-state index contributed by atoms with van der Waals surface area (Å²) in [7, 11) is 0. The highest BCUT2D eigenvalue weighted by molar-refractivity contribution is 5.97. The van der Waals surface area contributed by atoms with Crippen molar-refractivity contribution in [3.05, 3.63) is 59.4 Å². The molecule has 8 heteroatoms. The van der Waals surface area contributed by atoms with E-state index >= 15 is 0 Å². The minimum Gasteiger partial charge on any atom is -0.486 e. The number of Topliss-reactive ketones (excluding diaryl/α,β-unsaturated/α-hetero) is 1. The summed E-state index contributed by atoms with van der Waals surface area (Å²) in [6.45, 7) is 4.95. The van der Waals surface area contributed by atoms with Gasteiger partial charge in [-0.15, -0.1) is 5.10 Å². The van der Waals surface area contributed by atoms with E-state index in [1.807, 2.05) is 50.2 Å². The number of rotatable bonds is 5. The molecule has 1 atom stereocenters. The van der Waals surface area contributed by atoms with Crippen LogP contribution in [0, 0.1) is 25.2 Å². The number of para-hydroxylation sites is 2. The number of hydrogen-bond donors (Lipinski definition) is 0. The number of carbonyl (C=O) groups is 1. The molecule has 0 bridgehead atoms. The van der Waals surface area contributed by atoms with Crippen LogP contribution in [0.2, 0.25) is 0 Å². The van der Waals surface area contributed by atoms with E-state index in [1.165, 1.54) is 11.0 Å². The molecule has 28 heavy (non-hydrogen) atoms. The summed E-state index contributed by atoms with van der Waals surface area (Å²) in [6, 6.07) is 11.3. The Hall–Kier alpha value is -3.60. The Balaban J connectivity index is 1.50. The minimum absolute atomic E-state index is 0.0371. The molecule has 1 unspecified atom stereocenters. The summed E-state index contributed by atoms with van der Waals surface area (Å²) in [5.41, 5.74) is 2.47. The van der Waals surface area contributed by atoms with Gasteiger partial charge in [0, 0.05) is 17.0 Å². The molecule has 0 fully saturated rings. The molecule has 0 spiro atoms. The van der Waals surface area contributed by atoms with Crippen LogP contribution in [0.1, 0.15) is 27.6 Å². The molecule has 0 radical (unpaired) electrons. The van der Waals surface area contributed by atoms with Crippen molar-refractivity contribution in [2.45, 2.75) is 33.0 Å². The number of aromatic nitrogens is 4. The zero-order valence-corrected chi connectivity index (χ0v) is 15.6. The Kier molecular flexibility index (Phi) is 4.57. The van der Waals surface area contributed by atoms with Gasteiger partial charge in [0.05, 0.1) is 6.54 Å². The van der Waals surface area contributed by atoms with Crippen molar-refractivity contribution in [3.63, 3.8) is 0 Å². The average Bonchev–Trinajstić information content (AvgIpc) is 3.27. The maximum Gasteiger partial charge on any atom is 0.252 e. The van der Waals surface area contributed by atoms with E-state index in [0.717, 1.165) is 22.9 Å². The molecule has 1 aromatic carbocycles. The van der Waals surface area contributed by atoms with Crippen LogP contribution in [-0.4, -0.2) is 37.8 Å². The highest BCUT2D eigenvalue weighted by Gasteiger charge is 2.24. The number of ketones is 1. The topological polar surface area (TPSA) is 95.0 Å². The Bertz CT molecular complexity index is 1080. The van der Waals surface area contributed by atoms with Crippen LogP contribution in [0.25, 0.3) is 0 Å². The van der Waals surface area contributed by atoms with Crippen LogP contribution in [-0.2, 0) is 13.1 Å². The number of hydrogen-bond acceptors (Lipinski definition) is 6. The van der Waals surface area contributed by atoms with Gasteiger partial charge in [0.15, 0.2) is 23.4 Å². The molecule has 2 aromatic heterocycles. The van der Waals surface area contributed by atoms with Crippen LogP contribution >= 0.6 is 0 Å². The molecular weight excluding hydrogens is 358 g/mol. The fourth-order valence-corrected chi connectivity index (χ4v) is 3.38. The van der Waals surface area contributed by atoms with Gasteiger partial charge in [-0.1, -0.05) is 12.1 Å². The molecule has 1 aliphatic heterocycles.